The molecule has 4 rings (SSSR count). The molecule has 4 nitrogen and oxygen atoms in total. The Hall–Kier alpha value is -2.35. The Morgan fingerprint density at radius 3 is 2.41 bits per heavy atom. The van der Waals surface area contributed by atoms with E-state index in [4.69, 9.17) is 17.0 Å². The standard InChI is InChI=1S/C25H23BrN2O2S2/c1-4-27-24(29)23(32-25(27)31)14-19-13-16(2)28(17(19)3)21-9-11-22(12-10-21)30-15-18-5-7-20(26)8-6-18/h5-14H,4,15H2,1-3H3/b23-14-. The summed E-state index contributed by atoms with van der Waals surface area (Å²) in [6.45, 7) is 7.19. The largest absolute Gasteiger partial charge is 0.489 e. The van der Waals surface area contributed by atoms with Crippen LogP contribution in [0.5, 0.6) is 5.75 Å². The molecule has 0 spiro atoms. The third-order valence-electron chi connectivity index (χ3n) is 5.36. The van der Waals surface area contributed by atoms with Crippen LogP contribution in [-0.2, 0) is 11.4 Å². The number of aromatic nitrogens is 1. The third-order valence-corrected chi connectivity index (χ3v) is 7.27. The van der Waals surface area contributed by atoms with Gasteiger partial charge in [0.2, 0.25) is 0 Å². The van der Waals surface area contributed by atoms with E-state index in [-0.39, 0.29) is 5.91 Å². The number of hydrogen-bond acceptors (Lipinski definition) is 4. The van der Waals surface area contributed by atoms with Gasteiger partial charge in [-0.15, -0.1) is 0 Å². The molecule has 2 aromatic carbocycles. The lowest BCUT2D eigenvalue weighted by atomic mass is 10.2. The average Bonchev–Trinajstić information content (AvgIpc) is 3.21. The lowest BCUT2D eigenvalue weighted by Gasteiger charge is -2.12. The number of benzene rings is 2. The zero-order valence-corrected chi connectivity index (χ0v) is 21.3. The molecular weight excluding hydrogens is 504 g/mol. The molecule has 1 amide bonds. The fraction of sp³-hybridized carbons (Fsp3) is 0.200. The van der Waals surface area contributed by atoms with E-state index >= 15 is 0 Å². The molecule has 1 aromatic heterocycles. The van der Waals surface area contributed by atoms with E-state index in [1.807, 2.05) is 49.4 Å². The highest BCUT2D eigenvalue weighted by molar-refractivity contribution is 9.10. The van der Waals surface area contributed by atoms with Crippen LogP contribution in [0.25, 0.3) is 11.8 Å². The van der Waals surface area contributed by atoms with Crippen molar-refractivity contribution >= 4 is 56.2 Å². The van der Waals surface area contributed by atoms with Gasteiger partial charge in [0.1, 0.15) is 16.7 Å². The Morgan fingerprint density at radius 2 is 1.78 bits per heavy atom. The second-order valence-electron chi connectivity index (χ2n) is 7.50. The number of carbonyl (C=O) groups is 1. The topological polar surface area (TPSA) is 34.5 Å². The maximum atomic E-state index is 12.6. The van der Waals surface area contributed by atoms with Crippen LogP contribution in [0.2, 0.25) is 0 Å². The number of likely N-dealkylation sites (N-methyl/N-ethyl adjacent to an activating group) is 1. The van der Waals surface area contributed by atoms with Crippen molar-refractivity contribution in [2.45, 2.75) is 27.4 Å². The van der Waals surface area contributed by atoms with Gasteiger partial charge in [0, 0.05) is 28.1 Å². The van der Waals surface area contributed by atoms with E-state index in [2.05, 4.69) is 52.5 Å². The maximum absolute atomic E-state index is 12.6. The monoisotopic (exact) mass is 526 g/mol. The van der Waals surface area contributed by atoms with Crippen molar-refractivity contribution in [2.75, 3.05) is 6.54 Å². The minimum absolute atomic E-state index is 0.0143. The molecule has 7 heteroatoms. The van der Waals surface area contributed by atoms with Crippen molar-refractivity contribution in [3.63, 3.8) is 0 Å². The zero-order valence-electron chi connectivity index (χ0n) is 18.1. The van der Waals surface area contributed by atoms with E-state index in [1.54, 1.807) is 4.90 Å². The average molecular weight is 528 g/mol. The summed E-state index contributed by atoms with van der Waals surface area (Å²) >= 11 is 10.1. The van der Waals surface area contributed by atoms with Gasteiger partial charge < -0.3 is 9.30 Å². The van der Waals surface area contributed by atoms with Crippen molar-refractivity contribution in [3.05, 3.63) is 86.5 Å². The van der Waals surface area contributed by atoms with Crippen LogP contribution in [0.3, 0.4) is 0 Å². The number of aryl methyl sites for hydroxylation is 1. The van der Waals surface area contributed by atoms with Gasteiger partial charge in [0.05, 0.1) is 4.91 Å². The fourth-order valence-electron chi connectivity index (χ4n) is 3.68. The first-order valence-corrected chi connectivity index (χ1v) is 12.3. The lowest BCUT2D eigenvalue weighted by Crippen LogP contribution is -2.27. The predicted molar refractivity (Wildman–Crippen MR) is 139 cm³/mol. The molecule has 0 saturated carbocycles. The highest BCUT2D eigenvalue weighted by atomic mass is 79.9. The van der Waals surface area contributed by atoms with Crippen molar-refractivity contribution < 1.29 is 9.53 Å². The van der Waals surface area contributed by atoms with Crippen LogP contribution < -0.4 is 4.74 Å². The molecule has 0 aliphatic carbocycles. The van der Waals surface area contributed by atoms with Gasteiger partial charge in [-0.05, 0) is 80.4 Å². The molecule has 0 unspecified atom stereocenters. The molecule has 3 aromatic rings. The molecule has 0 N–H and O–H groups in total. The Kier molecular flexibility index (Phi) is 6.88. The number of hydrogen-bond donors (Lipinski definition) is 0. The SMILES string of the molecule is CCN1C(=O)/C(=C/c2cc(C)n(-c3ccc(OCc4ccc(Br)cc4)cc3)c2C)SC1=S. The number of carbonyl (C=O) groups excluding carboxylic acids is 1. The summed E-state index contributed by atoms with van der Waals surface area (Å²) in [4.78, 5) is 14.9. The van der Waals surface area contributed by atoms with Crippen molar-refractivity contribution in [1.82, 2.24) is 9.47 Å². The minimum Gasteiger partial charge on any atom is -0.489 e. The lowest BCUT2D eigenvalue weighted by molar-refractivity contribution is -0.121. The molecular formula is C25H23BrN2O2S2. The summed E-state index contributed by atoms with van der Waals surface area (Å²) in [5.74, 6) is 0.808. The molecule has 0 bridgehead atoms. The van der Waals surface area contributed by atoms with Gasteiger partial charge in [-0.25, -0.2) is 0 Å². The number of thioether (sulfide) groups is 1. The van der Waals surface area contributed by atoms with Crippen LogP contribution >= 0.6 is 39.9 Å². The first kappa shape index (κ1) is 22.8. The second kappa shape index (κ2) is 9.65. The smallest absolute Gasteiger partial charge is 0.266 e. The highest BCUT2D eigenvalue weighted by Gasteiger charge is 2.30. The Morgan fingerprint density at radius 1 is 1.09 bits per heavy atom. The van der Waals surface area contributed by atoms with E-state index in [1.165, 1.54) is 11.8 Å². The normalized spacial score (nSPS) is 15.1. The van der Waals surface area contributed by atoms with Crippen LogP contribution in [-0.4, -0.2) is 26.2 Å². The van der Waals surface area contributed by atoms with Gasteiger partial charge in [0.15, 0.2) is 0 Å². The van der Waals surface area contributed by atoms with Crippen molar-refractivity contribution in [2.24, 2.45) is 0 Å². The summed E-state index contributed by atoms with van der Waals surface area (Å²) < 4.78 is 9.79. The molecule has 1 aliphatic rings. The van der Waals surface area contributed by atoms with Crippen LogP contribution in [0.4, 0.5) is 0 Å². The molecule has 164 valence electrons. The van der Waals surface area contributed by atoms with Crippen LogP contribution in [0, 0.1) is 13.8 Å². The van der Waals surface area contributed by atoms with Gasteiger partial charge >= 0.3 is 0 Å². The van der Waals surface area contributed by atoms with Gasteiger partial charge in [-0.2, -0.15) is 0 Å². The summed E-state index contributed by atoms with van der Waals surface area (Å²) in [5, 5.41) is 0. The molecule has 32 heavy (non-hydrogen) atoms. The van der Waals surface area contributed by atoms with Gasteiger partial charge in [0.25, 0.3) is 5.91 Å². The van der Waals surface area contributed by atoms with E-state index in [0.717, 1.165) is 38.4 Å². The number of nitrogens with zero attached hydrogens (tertiary/aromatic N) is 2. The minimum atomic E-state index is -0.0143. The number of halogens is 1. The first-order chi connectivity index (χ1) is 15.4. The molecule has 0 radical (unpaired) electrons. The number of amides is 1. The number of ether oxygens (including phenoxy) is 1. The summed E-state index contributed by atoms with van der Waals surface area (Å²) in [6.07, 6.45) is 1.95. The molecule has 1 aliphatic heterocycles. The number of rotatable bonds is 6. The first-order valence-electron chi connectivity index (χ1n) is 10.3. The van der Waals surface area contributed by atoms with Crippen molar-refractivity contribution in [1.29, 1.82) is 0 Å². The molecule has 2 heterocycles. The summed E-state index contributed by atoms with van der Waals surface area (Å²) in [6, 6.07) is 18.3. The summed E-state index contributed by atoms with van der Waals surface area (Å²) in [7, 11) is 0. The van der Waals surface area contributed by atoms with Crippen LogP contribution in [0.15, 0.2) is 64.0 Å². The maximum Gasteiger partial charge on any atom is 0.266 e. The van der Waals surface area contributed by atoms with Crippen molar-refractivity contribution in [3.8, 4) is 11.4 Å². The molecule has 0 atom stereocenters. The highest BCUT2D eigenvalue weighted by Crippen LogP contribution is 2.34. The zero-order chi connectivity index (χ0) is 22.8. The van der Waals surface area contributed by atoms with E-state index < -0.39 is 0 Å². The predicted octanol–water partition coefficient (Wildman–Crippen LogP) is 6.66. The fourth-order valence-corrected chi connectivity index (χ4v) is 5.32. The van der Waals surface area contributed by atoms with Crippen LogP contribution in [0.1, 0.15) is 29.4 Å². The Bertz CT molecular complexity index is 1200. The quantitative estimate of drug-likeness (QED) is 0.265. The second-order valence-corrected chi connectivity index (χ2v) is 10.1. The number of thiocarbonyl (C=S) groups is 1. The van der Waals surface area contributed by atoms with E-state index in [9.17, 15) is 4.79 Å². The van der Waals surface area contributed by atoms with E-state index in [0.29, 0.717) is 22.4 Å². The Labute approximate surface area is 206 Å². The molecule has 1 saturated heterocycles. The van der Waals surface area contributed by atoms with Gasteiger partial charge in [-0.1, -0.05) is 52.0 Å². The third kappa shape index (κ3) is 4.70. The summed E-state index contributed by atoms with van der Waals surface area (Å²) in [5.41, 5.74) is 5.37. The van der Waals surface area contributed by atoms with Gasteiger partial charge in [-0.3, -0.25) is 9.69 Å². The molecule has 1 fully saturated rings. The Balaban J connectivity index is 1.52.